The summed E-state index contributed by atoms with van der Waals surface area (Å²) in [5.74, 6) is -0.164. The fraction of sp³-hybridized carbons (Fsp3) is 0.0667. The normalized spacial score (nSPS) is 11.3. The third-order valence-electron chi connectivity index (χ3n) is 3.19. The number of anilines is 2. The molecule has 0 saturated heterocycles. The average Bonchev–Trinajstić information content (AvgIpc) is 3.04. The number of amides is 2. The van der Waals surface area contributed by atoms with Crippen molar-refractivity contribution >= 4 is 40.9 Å². The summed E-state index contributed by atoms with van der Waals surface area (Å²) >= 11 is 11.6. The van der Waals surface area contributed by atoms with Crippen LogP contribution in [0, 0.1) is 0 Å². The zero-order chi connectivity index (χ0) is 19.6. The summed E-state index contributed by atoms with van der Waals surface area (Å²) in [6, 6.07) is 6.50. The topological polar surface area (TPSA) is 84.7 Å². The SMILES string of the molecule is O=C(Nc1ccc(Cl)cc1)Nc1ncn(-c2ncc(C(F)(F)F)cc2Cl)n1. The van der Waals surface area contributed by atoms with Gasteiger partial charge in [-0.2, -0.15) is 22.8 Å². The zero-order valence-electron chi connectivity index (χ0n) is 13.1. The summed E-state index contributed by atoms with van der Waals surface area (Å²) in [5.41, 5.74) is -0.499. The number of carbonyl (C=O) groups excluding carboxylic acids is 1. The molecule has 12 heteroatoms. The molecule has 0 spiro atoms. The standard InChI is InChI=1S/C15H9Cl2F3N6O/c16-9-1-3-10(4-2-9)23-14(27)24-13-22-7-26(25-13)12-11(17)5-8(6-21-12)15(18,19)20/h1-7H,(H2,23,24,25,27). The van der Waals surface area contributed by atoms with Gasteiger partial charge in [-0.25, -0.2) is 9.78 Å². The molecule has 140 valence electrons. The quantitative estimate of drug-likeness (QED) is 0.651. The molecule has 3 rings (SSSR count). The first kappa shape index (κ1) is 18.9. The molecule has 2 N–H and O–H groups in total. The molecule has 7 nitrogen and oxygen atoms in total. The van der Waals surface area contributed by atoms with E-state index in [0.717, 1.165) is 17.1 Å². The van der Waals surface area contributed by atoms with Crippen molar-refractivity contribution in [3.8, 4) is 5.82 Å². The smallest absolute Gasteiger partial charge is 0.308 e. The van der Waals surface area contributed by atoms with Crippen LogP contribution in [0.4, 0.5) is 29.6 Å². The van der Waals surface area contributed by atoms with Gasteiger partial charge in [0, 0.05) is 16.9 Å². The molecule has 0 saturated carbocycles. The largest absolute Gasteiger partial charge is 0.417 e. The maximum atomic E-state index is 12.7. The molecule has 0 unspecified atom stereocenters. The minimum Gasteiger partial charge on any atom is -0.308 e. The Kier molecular flexibility index (Phi) is 5.19. The number of rotatable bonds is 3. The predicted molar refractivity (Wildman–Crippen MR) is 93.3 cm³/mol. The van der Waals surface area contributed by atoms with Gasteiger partial charge in [0.1, 0.15) is 6.33 Å². The van der Waals surface area contributed by atoms with Crippen LogP contribution in [0.1, 0.15) is 5.56 Å². The summed E-state index contributed by atoms with van der Waals surface area (Å²) in [5, 5.41) is 9.07. The Morgan fingerprint density at radius 3 is 2.41 bits per heavy atom. The zero-order valence-corrected chi connectivity index (χ0v) is 14.6. The molecule has 27 heavy (non-hydrogen) atoms. The maximum Gasteiger partial charge on any atom is 0.417 e. The number of urea groups is 1. The lowest BCUT2D eigenvalue weighted by Gasteiger charge is -2.08. The molecule has 0 aliphatic carbocycles. The predicted octanol–water partition coefficient (Wildman–Crippen LogP) is 4.63. The molecule has 2 amide bonds. The number of halogens is 5. The molecule has 2 heterocycles. The average molecular weight is 417 g/mol. The molecule has 2 aromatic heterocycles. The summed E-state index contributed by atoms with van der Waals surface area (Å²) in [4.78, 5) is 19.4. The number of hydrogen-bond donors (Lipinski definition) is 2. The van der Waals surface area contributed by atoms with Crippen molar-refractivity contribution in [3.63, 3.8) is 0 Å². The number of aromatic nitrogens is 4. The highest BCUT2D eigenvalue weighted by Crippen LogP contribution is 2.31. The number of benzene rings is 1. The van der Waals surface area contributed by atoms with E-state index in [9.17, 15) is 18.0 Å². The molecular formula is C15H9Cl2F3N6O. The molecule has 0 bridgehead atoms. The van der Waals surface area contributed by atoms with E-state index in [-0.39, 0.29) is 16.8 Å². The molecule has 0 atom stereocenters. The Bertz CT molecular complexity index is 974. The molecule has 1 aromatic carbocycles. The fourth-order valence-corrected chi connectivity index (χ4v) is 2.35. The van der Waals surface area contributed by atoms with Crippen LogP contribution in [0.3, 0.4) is 0 Å². The van der Waals surface area contributed by atoms with Crippen LogP contribution in [0.15, 0.2) is 42.9 Å². The van der Waals surface area contributed by atoms with Crippen LogP contribution in [-0.4, -0.2) is 25.8 Å². The fourth-order valence-electron chi connectivity index (χ4n) is 1.97. The highest BCUT2D eigenvalue weighted by Gasteiger charge is 2.31. The number of carbonyl (C=O) groups is 1. The van der Waals surface area contributed by atoms with Gasteiger partial charge >= 0.3 is 12.2 Å². The Hall–Kier alpha value is -2.85. The van der Waals surface area contributed by atoms with E-state index < -0.39 is 17.8 Å². The van der Waals surface area contributed by atoms with Crippen LogP contribution in [-0.2, 0) is 6.18 Å². The number of nitrogens with zero attached hydrogens (tertiary/aromatic N) is 4. The molecule has 0 radical (unpaired) electrons. The van der Waals surface area contributed by atoms with Crippen molar-refractivity contribution in [2.75, 3.05) is 10.6 Å². The van der Waals surface area contributed by atoms with Gasteiger partial charge in [-0.3, -0.25) is 5.32 Å². The van der Waals surface area contributed by atoms with Crippen molar-refractivity contribution in [3.05, 3.63) is 58.5 Å². The van der Waals surface area contributed by atoms with Gasteiger partial charge in [-0.1, -0.05) is 23.2 Å². The number of nitrogens with one attached hydrogen (secondary N) is 2. The van der Waals surface area contributed by atoms with Crippen molar-refractivity contribution in [2.24, 2.45) is 0 Å². The van der Waals surface area contributed by atoms with Gasteiger partial charge in [0.2, 0.25) is 0 Å². The van der Waals surface area contributed by atoms with Crippen molar-refractivity contribution < 1.29 is 18.0 Å². The van der Waals surface area contributed by atoms with Gasteiger partial charge in [0.05, 0.1) is 10.6 Å². The first-order valence-electron chi connectivity index (χ1n) is 7.21. The van der Waals surface area contributed by atoms with Crippen molar-refractivity contribution in [2.45, 2.75) is 6.18 Å². The molecular weight excluding hydrogens is 408 g/mol. The van der Waals surface area contributed by atoms with Crippen molar-refractivity contribution in [1.82, 2.24) is 19.7 Å². The molecule has 0 aliphatic heterocycles. The van der Waals surface area contributed by atoms with E-state index in [0.29, 0.717) is 16.9 Å². The Morgan fingerprint density at radius 2 is 1.78 bits per heavy atom. The Labute approximate surface area is 160 Å². The highest BCUT2D eigenvalue weighted by atomic mass is 35.5. The van der Waals surface area contributed by atoms with E-state index in [2.05, 4.69) is 25.7 Å². The summed E-state index contributed by atoms with van der Waals surface area (Å²) in [7, 11) is 0. The van der Waals surface area contributed by atoms with Gasteiger partial charge in [0.15, 0.2) is 5.82 Å². The molecule has 0 fully saturated rings. The minimum absolute atomic E-state index is 0.0664. The van der Waals surface area contributed by atoms with Crippen LogP contribution >= 0.6 is 23.2 Å². The Morgan fingerprint density at radius 1 is 1.07 bits per heavy atom. The highest BCUT2D eigenvalue weighted by molar-refractivity contribution is 6.32. The maximum absolute atomic E-state index is 12.7. The van der Waals surface area contributed by atoms with Crippen LogP contribution in [0.2, 0.25) is 10.0 Å². The molecule has 0 aliphatic rings. The van der Waals surface area contributed by atoms with E-state index >= 15 is 0 Å². The van der Waals surface area contributed by atoms with E-state index in [4.69, 9.17) is 23.2 Å². The van der Waals surface area contributed by atoms with Crippen molar-refractivity contribution in [1.29, 1.82) is 0 Å². The number of hydrogen-bond acceptors (Lipinski definition) is 4. The first-order chi connectivity index (χ1) is 12.7. The lowest BCUT2D eigenvalue weighted by Crippen LogP contribution is -2.20. The minimum atomic E-state index is -4.57. The van der Waals surface area contributed by atoms with Gasteiger partial charge in [0.25, 0.3) is 5.95 Å². The van der Waals surface area contributed by atoms with Crippen LogP contribution < -0.4 is 10.6 Å². The second kappa shape index (κ2) is 7.41. The second-order valence-corrected chi connectivity index (χ2v) is 5.97. The van der Waals surface area contributed by atoms with Gasteiger partial charge in [-0.15, -0.1) is 5.10 Å². The number of alkyl halides is 3. The van der Waals surface area contributed by atoms with E-state index in [1.54, 1.807) is 24.3 Å². The van der Waals surface area contributed by atoms with Gasteiger partial charge in [-0.05, 0) is 30.3 Å². The summed E-state index contributed by atoms with van der Waals surface area (Å²) < 4.78 is 39.0. The monoisotopic (exact) mass is 416 g/mol. The first-order valence-corrected chi connectivity index (χ1v) is 7.96. The van der Waals surface area contributed by atoms with E-state index in [1.165, 1.54) is 0 Å². The summed E-state index contributed by atoms with van der Waals surface area (Å²) in [6.07, 6.45) is -2.79. The lowest BCUT2D eigenvalue weighted by molar-refractivity contribution is -0.137. The second-order valence-electron chi connectivity index (χ2n) is 5.13. The lowest BCUT2D eigenvalue weighted by atomic mass is 10.3. The third kappa shape index (κ3) is 4.66. The Balaban J connectivity index is 1.71. The number of pyridine rings is 1. The molecule has 3 aromatic rings. The van der Waals surface area contributed by atoms with Crippen LogP contribution in [0.5, 0.6) is 0 Å². The van der Waals surface area contributed by atoms with Gasteiger partial charge < -0.3 is 5.32 Å². The third-order valence-corrected chi connectivity index (χ3v) is 3.72. The van der Waals surface area contributed by atoms with Crippen LogP contribution in [0.25, 0.3) is 5.82 Å². The summed E-state index contributed by atoms with van der Waals surface area (Å²) in [6.45, 7) is 0. The van der Waals surface area contributed by atoms with E-state index in [1.807, 2.05) is 0 Å².